The molecule has 0 aliphatic heterocycles. The Bertz CT molecular complexity index is 1070. The van der Waals surface area contributed by atoms with Crippen molar-refractivity contribution >= 4 is 17.5 Å². The fourth-order valence-corrected chi connectivity index (χ4v) is 7.07. The first-order chi connectivity index (χ1) is 16.2. The lowest BCUT2D eigenvalue weighted by molar-refractivity contribution is -0.128. The van der Waals surface area contributed by atoms with Gasteiger partial charge in [0.1, 0.15) is 5.82 Å². The molecule has 180 valence electrons. The normalized spacial score (nSPS) is 30.2. The van der Waals surface area contributed by atoms with Crippen molar-refractivity contribution in [2.75, 3.05) is 11.9 Å². The van der Waals surface area contributed by atoms with Crippen LogP contribution in [-0.2, 0) is 15.0 Å². The van der Waals surface area contributed by atoms with Gasteiger partial charge in [-0.2, -0.15) is 0 Å². The lowest BCUT2D eigenvalue weighted by Gasteiger charge is -2.35. The molecule has 4 fully saturated rings. The Morgan fingerprint density at radius 3 is 2.56 bits per heavy atom. The molecule has 2 amide bonds. The van der Waals surface area contributed by atoms with E-state index in [-0.39, 0.29) is 34.9 Å². The Morgan fingerprint density at radius 1 is 1.15 bits per heavy atom. The number of carbonyl (C=O) groups excluding carboxylic acids is 2. The van der Waals surface area contributed by atoms with Crippen LogP contribution in [-0.4, -0.2) is 29.4 Å². The molecule has 4 aliphatic rings. The number of rotatable bonds is 7. The lowest BCUT2D eigenvalue weighted by atomic mass is 9.72. The molecule has 34 heavy (non-hydrogen) atoms. The number of hydrogen-bond donors (Lipinski definition) is 3. The molecule has 4 saturated carbocycles. The minimum Gasteiger partial charge on any atom is -0.354 e. The van der Waals surface area contributed by atoms with E-state index in [1.807, 2.05) is 13.8 Å². The number of nitrogens with one attached hydrogen (secondary N) is 2. The number of pyridine rings is 1. The second-order valence-corrected chi connectivity index (χ2v) is 11.2. The fourth-order valence-electron chi connectivity index (χ4n) is 7.07. The number of hydrogen-bond acceptors (Lipinski definition) is 4. The highest BCUT2D eigenvalue weighted by Gasteiger charge is 2.67. The third kappa shape index (κ3) is 3.90. The summed E-state index contributed by atoms with van der Waals surface area (Å²) in [6.07, 6.45) is 7.04. The van der Waals surface area contributed by atoms with E-state index in [9.17, 15) is 14.0 Å². The van der Waals surface area contributed by atoms with E-state index < -0.39 is 11.5 Å². The van der Waals surface area contributed by atoms with Gasteiger partial charge in [0, 0.05) is 30.0 Å². The summed E-state index contributed by atoms with van der Waals surface area (Å²) in [4.78, 5) is 30.7. The SMILES string of the molecule is CC(C)(CNC(=O)C(N)C1C2CC3CC1C(C(=O)Nc1ccncc1)(C3)C2)c1ccc(F)cc1. The second kappa shape index (κ2) is 8.45. The van der Waals surface area contributed by atoms with Crippen LogP contribution in [0.25, 0.3) is 0 Å². The summed E-state index contributed by atoms with van der Waals surface area (Å²) in [5.41, 5.74) is 7.50. The van der Waals surface area contributed by atoms with Gasteiger partial charge in [-0.05, 0) is 79.2 Å². The Hall–Kier alpha value is -2.80. The number of anilines is 1. The molecule has 1 aromatic carbocycles. The molecule has 2 aromatic rings. The Morgan fingerprint density at radius 2 is 1.85 bits per heavy atom. The number of halogens is 1. The van der Waals surface area contributed by atoms with Crippen LogP contribution in [0, 0.1) is 34.9 Å². The molecule has 0 saturated heterocycles. The third-order valence-electron chi connectivity index (χ3n) is 8.66. The maximum atomic E-state index is 13.5. The predicted octanol–water partition coefficient (Wildman–Crippen LogP) is 3.63. The van der Waals surface area contributed by atoms with Crippen LogP contribution in [0.1, 0.15) is 45.1 Å². The summed E-state index contributed by atoms with van der Waals surface area (Å²) in [6, 6.07) is 9.33. The zero-order valence-electron chi connectivity index (χ0n) is 19.8. The largest absolute Gasteiger partial charge is 0.354 e. The zero-order valence-corrected chi connectivity index (χ0v) is 19.8. The standard InChI is InChI=1S/C27H33FN4O2/c1-26(2,18-3-5-19(28)6-4-18)15-31-24(33)23(29)22-17-11-16-12-21(22)27(13-16,14-17)25(34)32-20-7-9-30-10-8-20/h3-10,16-17,21-23H,11-15,29H2,1-2H3,(H,31,33)(H,30,32,34). The molecule has 0 spiro atoms. The molecule has 4 N–H and O–H groups in total. The van der Waals surface area contributed by atoms with Crippen LogP contribution < -0.4 is 16.4 Å². The van der Waals surface area contributed by atoms with E-state index in [4.69, 9.17) is 5.73 Å². The first-order valence-corrected chi connectivity index (χ1v) is 12.2. The average molecular weight is 465 g/mol. The first-order valence-electron chi connectivity index (χ1n) is 12.2. The molecule has 4 bridgehead atoms. The van der Waals surface area contributed by atoms with Crippen LogP contribution in [0.5, 0.6) is 0 Å². The van der Waals surface area contributed by atoms with E-state index in [1.54, 1.807) is 36.7 Å². The number of amides is 2. The van der Waals surface area contributed by atoms with Gasteiger partial charge in [0.2, 0.25) is 11.8 Å². The Kier molecular flexibility index (Phi) is 5.71. The molecule has 4 aliphatic carbocycles. The van der Waals surface area contributed by atoms with E-state index in [1.165, 1.54) is 12.1 Å². The van der Waals surface area contributed by atoms with Crippen LogP contribution in [0.4, 0.5) is 10.1 Å². The van der Waals surface area contributed by atoms with Gasteiger partial charge in [-0.25, -0.2) is 4.39 Å². The average Bonchev–Trinajstić information content (AvgIpc) is 3.21. The second-order valence-electron chi connectivity index (χ2n) is 11.2. The first kappa shape index (κ1) is 23.0. The monoisotopic (exact) mass is 464 g/mol. The number of nitrogens with two attached hydrogens (primary N) is 1. The molecular formula is C27H33FN4O2. The molecule has 6 unspecified atom stereocenters. The van der Waals surface area contributed by atoms with Crippen molar-refractivity contribution in [2.24, 2.45) is 34.8 Å². The van der Waals surface area contributed by atoms with E-state index in [2.05, 4.69) is 15.6 Å². The Labute approximate surface area is 199 Å². The zero-order chi connectivity index (χ0) is 24.1. The summed E-state index contributed by atoms with van der Waals surface area (Å²) < 4.78 is 13.3. The highest BCUT2D eigenvalue weighted by Crippen LogP contribution is 2.68. The van der Waals surface area contributed by atoms with Gasteiger partial charge < -0.3 is 16.4 Å². The number of aromatic nitrogens is 1. The predicted molar refractivity (Wildman–Crippen MR) is 128 cm³/mol. The fraction of sp³-hybridized carbons (Fsp3) is 0.519. The summed E-state index contributed by atoms with van der Waals surface area (Å²) in [7, 11) is 0. The van der Waals surface area contributed by atoms with Crippen LogP contribution >= 0.6 is 0 Å². The topological polar surface area (TPSA) is 97.1 Å². The molecule has 6 rings (SSSR count). The van der Waals surface area contributed by atoms with Gasteiger partial charge in [0.25, 0.3) is 0 Å². The summed E-state index contributed by atoms with van der Waals surface area (Å²) in [6.45, 7) is 4.44. The molecule has 6 nitrogen and oxygen atoms in total. The highest BCUT2D eigenvalue weighted by atomic mass is 19.1. The van der Waals surface area contributed by atoms with Crippen molar-refractivity contribution in [3.8, 4) is 0 Å². The van der Waals surface area contributed by atoms with E-state index >= 15 is 0 Å². The number of nitrogens with zero attached hydrogens (tertiary/aromatic N) is 1. The minimum atomic E-state index is -0.645. The van der Waals surface area contributed by atoms with Gasteiger partial charge in [0.05, 0.1) is 11.5 Å². The summed E-state index contributed by atoms with van der Waals surface area (Å²) >= 11 is 0. The van der Waals surface area contributed by atoms with Crippen LogP contribution in [0.3, 0.4) is 0 Å². The van der Waals surface area contributed by atoms with Crippen LogP contribution in [0.15, 0.2) is 48.8 Å². The van der Waals surface area contributed by atoms with Crippen molar-refractivity contribution in [3.63, 3.8) is 0 Å². The molecule has 1 aromatic heterocycles. The molecule has 7 heteroatoms. The van der Waals surface area contributed by atoms with Gasteiger partial charge in [-0.3, -0.25) is 14.6 Å². The van der Waals surface area contributed by atoms with Gasteiger partial charge in [0.15, 0.2) is 0 Å². The molecular weight excluding hydrogens is 431 g/mol. The maximum Gasteiger partial charge on any atom is 0.237 e. The van der Waals surface area contributed by atoms with Gasteiger partial charge >= 0.3 is 0 Å². The third-order valence-corrected chi connectivity index (χ3v) is 8.66. The highest BCUT2D eigenvalue weighted by molar-refractivity contribution is 5.96. The number of benzene rings is 1. The van der Waals surface area contributed by atoms with Crippen molar-refractivity contribution < 1.29 is 14.0 Å². The minimum absolute atomic E-state index is 0.0101. The van der Waals surface area contributed by atoms with Crippen molar-refractivity contribution in [1.82, 2.24) is 10.3 Å². The van der Waals surface area contributed by atoms with Gasteiger partial charge in [-0.15, -0.1) is 0 Å². The van der Waals surface area contributed by atoms with E-state index in [0.29, 0.717) is 18.4 Å². The smallest absolute Gasteiger partial charge is 0.237 e. The summed E-state index contributed by atoms with van der Waals surface area (Å²) in [5, 5.41) is 6.14. The number of carbonyl (C=O) groups is 2. The molecule has 6 atom stereocenters. The quantitative estimate of drug-likeness (QED) is 0.583. The summed E-state index contributed by atoms with van der Waals surface area (Å²) in [5.74, 6) is 0.588. The lowest BCUT2D eigenvalue weighted by Crippen LogP contribution is -2.52. The van der Waals surface area contributed by atoms with Crippen molar-refractivity contribution in [2.45, 2.75) is 51.0 Å². The maximum absolute atomic E-state index is 13.5. The molecule has 1 heterocycles. The van der Waals surface area contributed by atoms with Crippen LogP contribution in [0.2, 0.25) is 0 Å². The van der Waals surface area contributed by atoms with E-state index in [0.717, 1.165) is 36.9 Å². The Balaban J connectivity index is 1.27. The van der Waals surface area contributed by atoms with Gasteiger partial charge in [-0.1, -0.05) is 26.0 Å². The van der Waals surface area contributed by atoms with Crippen molar-refractivity contribution in [1.29, 1.82) is 0 Å². The van der Waals surface area contributed by atoms with Crippen molar-refractivity contribution in [3.05, 3.63) is 60.2 Å². The molecule has 0 radical (unpaired) electrons.